The summed E-state index contributed by atoms with van der Waals surface area (Å²) in [6, 6.07) is 1.15. The molecule has 22 heavy (non-hydrogen) atoms. The van der Waals surface area contributed by atoms with Gasteiger partial charge in [0, 0.05) is 6.54 Å². The molecule has 8 heteroatoms. The third kappa shape index (κ3) is 2.51. The van der Waals surface area contributed by atoms with Crippen LogP contribution in [0.3, 0.4) is 0 Å². The minimum atomic E-state index is -3.70. The van der Waals surface area contributed by atoms with E-state index in [0.29, 0.717) is 29.8 Å². The highest BCUT2D eigenvalue weighted by atomic mass is 32.2. The van der Waals surface area contributed by atoms with Gasteiger partial charge in [-0.25, -0.2) is 13.4 Å². The van der Waals surface area contributed by atoms with Crippen LogP contribution in [0.4, 0.5) is 0 Å². The van der Waals surface area contributed by atoms with Gasteiger partial charge in [-0.15, -0.1) is 0 Å². The number of pyridine rings is 1. The minimum Gasteiger partial charge on any atom is -0.392 e. The van der Waals surface area contributed by atoms with E-state index in [1.807, 2.05) is 0 Å². The first kappa shape index (κ1) is 15.4. The predicted molar refractivity (Wildman–Crippen MR) is 79.8 cm³/mol. The Kier molecular flexibility index (Phi) is 3.92. The Balaban J connectivity index is 2.04. The zero-order valence-electron chi connectivity index (χ0n) is 12.6. The zero-order chi connectivity index (χ0) is 15.9. The smallest absolute Gasteiger partial charge is 0.257 e. The summed E-state index contributed by atoms with van der Waals surface area (Å²) in [5.41, 5.74) is 0.924. The summed E-state index contributed by atoms with van der Waals surface area (Å²) in [5.74, 6) is 0. The molecule has 1 fully saturated rings. The average molecular weight is 325 g/mol. The number of hydrogen-bond acceptors (Lipinski definition) is 6. The zero-order valence-corrected chi connectivity index (χ0v) is 13.4. The Morgan fingerprint density at radius 3 is 2.95 bits per heavy atom. The Hall–Kier alpha value is -1.51. The number of hydrogen-bond donors (Lipinski definition) is 1. The van der Waals surface area contributed by atoms with Crippen molar-refractivity contribution in [1.82, 2.24) is 14.4 Å². The molecule has 120 valence electrons. The largest absolute Gasteiger partial charge is 0.392 e. The van der Waals surface area contributed by atoms with Crippen LogP contribution in [0.15, 0.2) is 21.7 Å². The van der Waals surface area contributed by atoms with E-state index in [9.17, 15) is 13.5 Å². The predicted octanol–water partition coefficient (Wildman–Crippen LogP) is 1.46. The van der Waals surface area contributed by atoms with Gasteiger partial charge in [0.2, 0.25) is 10.0 Å². The summed E-state index contributed by atoms with van der Waals surface area (Å²) in [6.07, 6.45) is 2.97. The van der Waals surface area contributed by atoms with E-state index in [2.05, 4.69) is 10.1 Å². The number of aromatic nitrogens is 2. The Morgan fingerprint density at radius 1 is 1.45 bits per heavy atom. The monoisotopic (exact) mass is 325 g/mol. The van der Waals surface area contributed by atoms with Crippen molar-refractivity contribution in [3.05, 3.63) is 18.0 Å². The number of fused-ring (bicyclic) bond motifs is 1. The fourth-order valence-electron chi connectivity index (χ4n) is 2.91. The van der Waals surface area contributed by atoms with E-state index in [1.165, 1.54) is 16.6 Å². The van der Waals surface area contributed by atoms with Gasteiger partial charge in [-0.2, -0.15) is 4.31 Å². The van der Waals surface area contributed by atoms with Crippen LogP contribution >= 0.6 is 0 Å². The van der Waals surface area contributed by atoms with Crippen molar-refractivity contribution in [3.8, 4) is 0 Å². The van der Waals surface area contributed by atoms with Crippen LogP contribution in [0.25, 0.3) is 11.1 Å². The number of aliphatic hydroxyl groups is 1. The van der Waals surface area contributed by atoms with Crippen LogP contribution in [0, 0.1) is 6.92 Å². The van der Waals surface area contributed by atoms with Crippen LogP contribution in [0.2, 0.25) is 0 Å². The molecule has 3 heterocycles. The highest BCUT2D eigenvalue weighted by Crippen LogP contribution is 2.28. The third-order valence-electron chi connectivity index (χ3n) is 4.15. The Labute approximate surface area is 129 Å². The van der Waals surface area contributed by atoms with E-state index in [4.69, 9.17) is 4.52 Å². The normalized spacial score (nSPS) is 22.0. The van der Waals surface area contributed by atoms with Crippen LogP contribution in [-0.4, -0.2) is 46.7 Å². The lowest BCUT2D eigenvalue weighted by Crippen LogP contribution is -2.48. The number of aliphatic hydroxyl groups excluding tert-OH is 1. The van der Waals surface area contributed by atoms with Gasteiger partial charge in [-0.05, 0) is 32.8 Å². The van der Waals surface area contributed by atoms with Crippen LogP contribution in [0.1, 0.15) is 31.9 Å². The fourth-order valence-corrected chi connectivity index (χ4v) is 4.64. The highest BCUT2D eigenvalue weighted by Gasteiger charge is 2.36. The summed E-state index contributed by atoms with van der Waals surface area (Å²) in [4.78, 5) is 4.15. The molecule has 1 aliphatic rings. The van der Waals surface area contributed by atoms with Gasteiger partial charge in [-0.3, -0.25) is 0 Å². The molecule has 0 bridgehead atoms. The Morgan fingerprint density at radius 2 is 2.23 bits per heavy atom. The summed E-state index contributed by atoms with van der Waals surface area (Å²) < 4.78 is 32.2. The highest BCUT2D eigenvalue weighted by molar-refractivity contribution is 7.89. The summed E-state index contributed by atoms with van der Waals surface area (Å²) >= 11 is 0. The van der Waals surface area contributed by atoms with Crippen molar-refractivity contribution in [2.75, 3.05) is 6.54 Å². The molecule has 2 aromatic heterocycles. The first-order chi connectivity index (χ1) is 10.4. The van der Waals surface area contributed by atoms with E-state index in [0.717, 1.165) is 12.8 Å². The standard InChI is InChI=1S/C14H19N3O4S/c1-9-12-7-11(8-15-14(12)21-16-9)22(19,20)17-6-4-3-5-13(17)10(2)18/h7-8,10,13,18H,3-6H2,1-2H3/t10-,13-/m0/s1. The molecule has 0 saturated carbocycles. The number of rotatable bonds is 3. The van der Waals surface area contributed by atoms with Crippen molar-refractivity contribution in [2.24, 2.45) is 0 Å². The number of sulfonamides is 1. The number of piperidine rings is 1. The van der Waals surface area contributed by atoms with Gasteiger partial charge in [0.05, 0.1) is 29.4 Å². The molecule has 1 aliphatic heterocycles. The molecule has 0 aromatic carbocycles. The quantitative estimate of drug-likeness (QED) is 0.917. The van der Waals surface area contributed by atoms with Gasteiger partial charge in [-0.1, -0.05) is 11.6 Å². The molecule has 2 atom stereocenters. The molecule has 2 aromatic rings. The first-order valence-corrected chi connectivity index (χ1v) is 8.77. The van der Waals surface area contributed by atoms with Crippen LogP contribution in [0.5, 0.6) is 0 Å². The number of aryl methyl sites for hydroxylation is 1. The van der Waals surface area contributed by atoms with Crippen LogP contribution in [-0.2, 0) is 10.0 Å². The maximum absolute atomic E-state index is 12.9. The van der Waals surface area contributed by atoms with Gasteiger partial charge in [0.15, 0.2) is 0 Å². The number of nitrogens with zero attached hydrogens (tertiary/aromatic N) is 3. The van der Waals surface area contributed by atoms with Gasteiger partial charge >= 0.3 is 0 Å². The van der Waals surface area contributed by atoms with E-state index < -0.39 is 22.2 Å². The first-order valence-electron chi connectivity index (χ1n) is 7.33. The van der Waals surface area contributed by atoms with Crippen molar-refractivity contribution < 1.29 is 18.0 Å². The summed E-state index contributed by atoms with van der Waals surface area (Å²) in [5, 5.41) is 14.3. The summed E-state index contributed by atoms with van der Waals surface area (Å²) in [7, 11) is -3.70. The molecule has 1 N–H and O–H groups in total. The molecular formula is C14H19N3O4S. The molecular weight excluding hydrogens is 306 g/mol. The van der Waals surface area contributed by atoms with Gasteiger partial charge in [0.1, 0.15) is 4.90 Å². The molecule has 0 radical (unpaired) electrons. The van der Waals surface area contributed by atoms with Crippen molar-refractivity contribution in [3.63, 3.8) is 0 Å². The molecule has 0 spiro atoms. The minimum absolute atomic E-state index is 0.110. The maximum Gasteiger partial charge on any atom is 0.257 e. The SMILES string of the molecule is Cc1noc2ncc(S(=O)(=O)N3CCCC[C@H]3[C@H](C)O)cc12. The second-order valence-corrected chi connectivity index (χ2v) is 7.60. The molecule has 3 rings (SSSR count). The lowest BCUT2D eigenvalue weighted by molar-refractivity contribution is 0.0831. The van der Waals surface area contributed by atoms with E-state index in [-0.39, 0.29) is 4.90 Å². The van der Waals surface area contributed by atoms with Crippen molar-refractivity contribution in [1.29, 1.82) is 0 Å². The maximum atomic E-state index is 12.9. The van der Waals surface area contributed by atoms with Gasteiger partial charge in [0.25, 0.3) is 5.71 Å². The second-order valence-electron chi connectivity index (χ2n) is 5.71. The van der Waals surface area contributed by atoms with Crippen LogP contribution < -0.4 is 0 Å². The molecule has 0 amide bonds. The molecule has 1 saturated heterocycles. The van der Waals surface area contributed by atoms with E-state index >= 15 is 0 Å². The second kappa shape index (κ2) is 5.60. The average Bonchev–Trinajstić information content (AvgIpc) is 2.88. The summed E-state index contributed by atoms with van der Waals surface area (Å²) in [6.45, 7) is 3.78. The lowest BCUT2D eigenvalue weighted by Gasteiger charge is -2.36. The van der Waals surface area contributed by atoms with Gasteiger partial charge < -0.3 is 9.63 Å². The fraction of sp³-hybridized carbons (Fsp3) is 0.571. The topological polar surface area (TPSA) is 96.5 Å². The molecule has 0 unspecified atom stereocenters. The molecule has 0 aliphatic carbocycles. The molecule has 7 nitrogen and oxygen atoms in total. The Bertz CT molecular complexity index is 784. The van der Waals surface area contributed by atoms with Crippen molar-refractivity contribution in [2.45, 2.75) is 50.2 Å². The van der Waals surface area contributed by atoms with E-state index in [1.54, 1.807) is 13.8 Å². The van der Waals surface area contributed by atoms with Crippen molar-refractivity contribution >= 4 is 21.1 Å². The lowest BCUT2D eigenvalue weighted by atomic mass is 10.0. The third-order valence-corrected chi connectivity index (χ3v) is 6.04.